The highest BCUT2D eigenvalue weighted by molar-refractivity contribution is 7.92. The van der Waals surface area contributed by atoms with Crippen molar-refractivity contribution in [1.82, 2.24) is 15.0 Å². The average Bonchev–Trinajstić information content (AvgIpc) is 2.97. The number of morpholine rings is 1. The predicted octanol–water partition coefficient (Wildman–Crippen LogP) is 3.51. The Hall–Kier alpha value is -4.63. The van der Waals surface area contributed by atoms with E-state index >= 15 is 0 Å². The number of benzene rings is 2. The standard InChI is InChI=1S/C28H27F2N5O7S/c1-40-26-22(34-43(2,38)39)12-18(15-31-26)24-20-13-19(29)14-23(25(20)33-28(32-24)35-6-9-41-10-7-35)42-8-5-16-3-4-17(27(36)37)11-21(16)30/h3-4,11-15,34H,5-10H2,1-2H3,(H,36,37). The number of rotatable bonds is 10. The zero-order valence-corrected chi connectivity index (χ0v) is 24.0. The normalized spacial score (nSPS) is 13.6. The Morgan fingerprint density at radius 1 is 1.14 bits per heavy atom. The van der Waals surface area contributed by atoms with Crippen LogP contribution in [-0.4, -0.2) is 80.7 Å². The molecule has 0 saturated carbocycles. The molecule has 0 radical (unpaired) electrons. The molecule has 3 heterocycles. The third-order valence-corrected chi connectivity index (χ3v) is 7.15. The molecule has 226 valence electrons. The summed E-state index contributed by atoms with van der Waals surface area (Å²) >= 11 is 0. The van der Waals surface area contributed by atoms with Gasteiger partial charge in [0.25, 0.3) is 0 Å². The van der Waals surface area contributed by atoms with Crippen LogP contribution in [0.4, 0.5) is 20.4 Å². The van der Waals surface area contributed by atoms with E-state index in [9.17, 15) is 22.0 Å². The minimum Gasteiger partial charge on any atom is -0.491 e. The van der Waals surface area contributed by atoms with E-state index in [1.54, 1.807) is 0 Å². The highest BCUT2D eigenvalue weighted by atomic mass is 32.2. The summed E-state index contributed by atoms with van der Waals surface area (Å²) in [5.74, 6) is -2.18. The van der Waals surface area contributed by atoms with E-state index < -0.39 is 27.6 Å². The Bertz CT molecular complexity index is 1800. The van der Waals surface area contributed by atoms with E-state index in [1.165, 1.54) is 37.6 Å². The first kappa shape index (κ1) is 29.8. The van der Waals surface area contributed by atoms with Gasteiger partial charge in [0.2, 0.25) is 21.9 Å². The van der Waals surface area contributed by atoms with Gasteiger partial charge in [0, 0.05) is 42.7 Å². The molecule has 12 nitrogen and oxygen atoms in total. The van der Waals surface area contributed by atoms with E-state index in [0.717, 1.165) is 18.4 Å². The number of hydrogen-bond acceptors (Lipinski definition) is 10. The molecule has 43 heavy (non-hydrogen) atoms. The van der Waals surface area contributed by atoms with Crippen molar-refractivity contribution in [3.8, 4) is 22.9 Å². The number of halogens is 2. The highest BCUT2D eigenvalue weighted by Gasteiger charge is 2.22. The molecule has 2 aromatic heterocycles. The number of pyridine rings is 1. The van der Waals surface area contributed by atoms with Gasteiger partial charge in [-0.15, -0.1) is 0 Å². The maximum Gasteiger partial charge on any atom is 0.335 e. The number of nitrogens with zero attached hydrogens (tertiary/aromatic N) is 4. The highest BCUT2D eigenvalue weighted by Crippen LogP contribution is 2.36. The summed E-state index contributed by atoms with van der Waals surface area (Å²) in [5.41, 5.74) is 0.990. The third kappa shape index (κ3) is 6.89. The minimum atomic E-state index is -3.69. The molecule has 0 atom stereocenters. The number of methoxy groups -OCH3 is 1. The van der Waals surface area contributed by atoms with Gasteiger partial charge >= 0.3 is 5.97 Å². The molecule has 0 bridgehead atoms. The number of aromatic carboxylic acids is 1. The van der Waals surface area contributed by atoms with Crippen LogP contribution in [0.1, 0.15) is 15.9 Å². The molecule has 0 spiro atoms. The Balaban J connectivity index is 1.57. The number of hydrogen-bond donors (Lipinski definition) is 2. The summed E-state index contributed by atoms with van der Waals surface area (Å²) in [6.07, 6.45) is 2.48. The third-order valence-electron chi connectivity index (χ3n) is 6.55. The average molecular weight is 616 g/mol. The summed E-state index contributed by atoms with van der Waals surface area (Å²) in [6.45, 7) is 1.82. The summed E-state index contributed by atoms with van der Waals surface area (Å²) in [7, 11) is -2.35. The van der Waals surface area contributed by atoms with Crippen molar-refractivity contribution in [2.45, 2.75) is 6.42 Å². The lowest BCUT2D eigenvalue weighted by Crippen LogP contribution is -2.37. The molecule has 1 saturated heterocycles. The number of carbonyl (C=O) groups is 1. The first-order valence-corrected chi connectivity index (χ1v) is 14.9. The van der Waals surface area contributed by atoms with Gasteiger partial charge in [0.05, 0.1) is 44.4 Å². The Morgan fingerprint density at radius 3 is 2.58 bits per heavy atom. The second-order valence-electron chi connectivity index (χ2n) is 9.64. The number of fused-ring (bicyclic) bond motifs is 1. The lowest BCUT2D eigenvalue weighted by molar-refractivity contribution is 0.0696. The summed E-state index contributed by atoms with van der Waals surface area (Å²) < 4.78 is 72.4. The van der Waals surface area contributed by atoms with Gasteiger partial charge in [-0.25, -0.2) is 36.9 Å². The summed E-state index contributed by atoms with van der Waals surface area (Å²) in [4.78, 5) is 26.6. The largest absolute Gasteiger partial charge is 0.491 e. The van der Waals surface area contributed by atoms with E-state index in [1.807, 2.05) is 4.90 Å². The molecule has 1 aliphatic rings. The number of carboxylic acids is 1. The zero-order chi connectivity index (χ0) is 30.7. The van der Waals surface area contributed by atoms with Crippen molar-refractivity contribution < 1.29 is 41.3 Å². The molecule has 0 aliphatic carbocycles. The molecule has 0 amide bonds. The molecule has 4 aromatic rings. The van der Waals surface area contributed by atoms with E-state index in [4.69, 9.17) is 24.3 Å². The molecule has 15 heteroatoms. The number of carboxylic acid groups (broad SMARTS) is 1. The fourth-order valence-corrected chi connectivity index (χ4v) is 5.11. The van der Waals surface area contributed by atoms with Gasteiger partial charge in [0.1, 0.15) is 28.6 Å². The zero-order valence-electron chi connectivity index (χ0n) is 23.1. The number of aromatic nitrogens is 3. The fraction of sp³-hybridized carbons (Fsp3) is 0.286. The van der Waals surface area contributed by atoms with Crippen LogP contribution >= 0.6 is 0 Å². The van der Waals surface area contributed by atoms with Gasteiger partial charge in [-0.1, -0.05) is 6.07 Å². The van der Waals surface area contributed by atoms with Crippen molar-refractivity contribution in [1.29, 1.82) is 0 Å². The predicted molar refractivity (Wildman–Crippen MR) is 153 cm³/mol. The number of sulfonamides is 1. The van der Waals surface area contributed by atoms with Gasteiger partial charge in [-0.05, 0) is 29.8 Å². The maximum absolute atomic E-state index is 15.0. The first-order chi connectivity index (χ1) is 20.5. The first-order valence-electron chi connectivity index (χ1n) is 13.0. The van der Waals surface area contributed by atoms with Crippen LogP contribution < -0.4 is 19.1 Å². The van der Waals surface area contributed by atoms with Crippen molar-refractivity contribution >= 4 is 38.5 Å². The van der Waals surface area contributed by atoms with E-state index in [-0.39, 0.29) is 58.1 Å². The quantitative estimate of drug-likeness (QED) is 0.270. The van der Waals surface area contributed by atoms with Crippen LogP contribution in [0.25, 0.3) is 22.2 Å². The van der Waals surface area contributed by atoms with Crippen LogP contribution in [0.2, 0.25) is 0 Å². The second-order valence-corrected chi connectivity index (χ2v) is 11.4. The molecular formula is C28H27F2N5O7S. The van der Waals surface area contributed by atoms with Crippen molar-refractivity contribution in [3.05, 3.63) is 65.4 Å². The smallest absolute Gasteiger partial charge is 0.335 e. The molecular weight excluding hydrogens is 588 g/mol. The fourth-order valence-electron chi connectivity index (χ4n) is 4.56. The van der Waals surface area contributed by atoms with Crippen molar-refractivity contribution in [2.75, 3.05) is 55.9 Å². The SMILES string of the molecule is COc1ncc(-c2nc(N3CCOCC3)nc3c(OCCc4ccc(C(=O)O)cc4F)cc(F)cc23)cc1NS(C)(=O)=O. The number of ether oxygens (including phenoxy) is 3. The van der Waals surface area contributed by atoms with Gasteiger partial charge in [-0.3, -0.25) is 4.72 Å². The Morgan fingerprint density at radius 2 is 1.91 bits per heavy atom. The Kier molecular flexibility index (Phi) is 8.54. The van der Waals surface area contributed by atoms with Crippen LogP contribution in [0, 0.1) is 11.6 Å². The molecule has 1 fully saturated rings. The van der Waals surface area contributed by atoms with E-state index in [0.29, 0.717) is 37.8 Å². The topological polar surface area (TPSA) is 153 Å². The van der Waals surface area contributed by atoms with Crippen LogP contribution in [0.5, 0.6) is 11.6 Å². The van der Waals surface area contributed by atoms with E-state index in [2.05, 4.69) is 14.7 Å². The van der Waals surface area contributed by atoms with Gasteiger partial charge in [-0.2, -0.15) is 0 Å². The van der Waals surface area contributed by atoms with Gasteiger partial charge < -0.3 is 24.2 Å². The van der Waals surface area contributed by atoms with Crippen LogP contribution in [0.3, 0.4) is 0 Å². The minimum absolute atomic E-state index is 0.0276. The maximum atomic E-state index is 15.0. The van der Waals surface area contributed by atoms with Crippen LogP contribution in [0.15, 0.2) is 42.6 Å². The van der Waals surface area contributed by atoms with Gasteiger partial charge in [0.15, 0.2) is 0 Å². The molecule has 2 aromatic carbocycles. The van der Waals surface area contributed by atoms with Crippen LogP contribution in [-0.2, 0) is 21.2 Å². The lowest BCUT2D eigenvalue weighted by Gasteiger charge is -2.27. The summed E-state index contributed by atoms with van der Waals surface area (Å²) in [5, 5.41) is 9.34. The number of nitrogens with one attached hydrogen (secondary N) is 1. The molecule has 0 unspecified atom stereocenters. The molecule has 5 rings (SSSR count). The number of anilines is 2. The van der Waals surface area contributed by atoms with Crippen molar-refractivity contribution in [3.63, 3.8) is 0 Å². The second kappa shape index (κ2) is 12.3. The molecule has 2 N–H and O–H groups in total. The lowest BCUT2D eigenvalue weighted by atomic mass is 10.1. The monoisotopic (exact) mass is 615 g/mol. The summed E-state index contributed by atoms with van der Waals surface area (Å²) in [6, 6.07) is 7.46. The Labute approximate surface area is 245 Å². The van der Waals surface area contributed by atoms with Crippen molar-refractivity contribution in [2.24, 2.45) is 0 Å². The molecule has 1 aliphatic heterocycles.